The van der Waals surface area contributed by atoms with E-state index in [-0.39, 0.29) is 0 Å². The zero-order valence-electron chi connectivity index (χ0n) is 13.3. The van der Waals surface area contributed by atoms with Gasteiger partial charge < -0.3 is 5.84 Å². The van der Waals surface area contributed by atoms with Crippen LogP contribution in [0.25, 0.3) is 0 Å². The zero-order chi connectivity index (χ0) is 18.6. The molecule has 0 aliphatic heterocycles. The number of halogens is 4. The maximum atomic E-state index is 15.0. The summed E-state index contributed by atoms with van der Waals surface area (Å²) < 4.78 is 57.4. The van der Waals surface area contributed by atoms with Crippen LogP contribution in [0.1, 0.15) is 22.7 Å². The first-order valence-corrected chi connectivity index (χ1v) is 7.26. The second kappa shape index (κ2) is 7.47. The van der Waals surface area contributed by atoms with Crippen molar-refractivity contribution in [3.63, 3.8) is 0 Å². The van der Waals surface area contributed by atoms with E-state index in [4.69, 9.17) is 11.7 Å². The number of hydrogen-bond donors (Lipinski definition) is 2. The van der Waals surface area contributed by atoms with Gasteiger partial charge in [0.25, 0.3) is 5.92 Å². The van der Waals surface area contributed by atoms with Gasteiger partial charge in [-0.05, 0) is 30.2 Å². The monoisotopic (exact) mass is 355 g/mol. The fourth-order valence-electron chi connectivity index (χ4n) is 2.38. The lowest BCUT2D eigenvalue weighted by molar-refractivity contribution is -0.0443. The highest BCUT2D eigenvalue weighted by Gasteiger charge is 2.45. The van der Waals surface area contributed by atoms with Crippen molar-refractivity contribution in [3.8, 4) is 0 Å². The van der Waals surface area contributed by atoms with Crippen molar-refractivity contribution < 1.29 is 17.6 Å². The van der Waals surface area contributed by atoms with E-state index in [2.05, 4.69) is 10.1 Å². The number of aryl methyl sites for hydroxylation is 1. The number of hydrazone groups is 1. The smallest absolute Gasteiger partial charge is 0.298 e. The number of pyridine rings is 1. The van der Waals surface area contributed by atoms with E-state index in [1.807, 2.05) is 0 Å². The number of nitrogens with two attached hydrogens (primary N) is 2. The van der Waals surface area contributed by atoms with Crippen LogP contribution in [0, 0.1) is 18.6 Å². The number of rotatable bonds is 6. The molecule has 1 unspecified atom stereocenters. The third kappa shape index (κ3) is 4.24. The molecule has 25 heavy (non-hydrogen) atoms. The average Bonchev–Trinajstić information content (AvgIpc) is 2.54. The second-order valence-electron chi connectivity index (χ2n) is 5.52. The molecule has 1 heterocycles. The minimum atomic E-state index is -3.58. The van der Waals surface area contributed by atoms with Gasteiger partial charge in [-0.3, -0.25) is 9.99 Å². The van der Waals surface area contributed by atoms with Gasteiger partial charge in [-0.2, -0.15) is 13.9 Å². The van der Waals surface area contributed by atoms with Gasteiger partial charge in [0.05, 0.1) is 5.92 Å². The predicted octanol–water partition coefficient (Wildman–Crippen LogP) is 2.62. The van der Waals surface area contributed by atoms with E-state index >= 15 is 8.78 Å². The Balaban J connectivity index is 2.50. The molecule has 0 spiro atoms. The van der Waals surface area contributed by atoms with Crippen LogP contribution < -0.4 is 11.7 Å². The predicted molar refractivity (Wildman–Crippen MR) is 85.5 cm³/mol. The summed E-state index contributed by atoms with van der Waals surface area (Å²) in [5.74, 6) is 3.22. The Bertz CT molecular complexity index is 749. The Morgan fingerprint density at radius 3 is 2.56 bits per heavy atom. The van der Waals surface area contributed by atoms with Gasteiger partial charge in [-0.1, -0.05) is 12.1 Å². The molecule has 0 saturated heterocycles. The molecule has 1 atom stereocenters. The summed E-state index contributed by atoms with van der Waals surface area (Å²) in [5, 5.41) is 3.95. The van der Waals surface area contributed by atoms with E-state index in [1.54, 1.807) is 6.92 Å². The molecule has 0 aliphatic rings. The Kier molecular flexibility index (Phi) is 5.58. The molecule has 0 aliphatic carbocycles. The second-order valence-corrected chi connectivity index (χ2v) is 5.52. The molecule has 2 aromatic rings. The molecule has 0 radical (unpaired) electrons. The molecule has 0 fully saturated rings. The minimum absolute atomic E-state index is 0.394. The lowest BCUT2D eigenvalue weighted by atomic mass is 9.89. The maximum absolute atomic E-state index is 15.0. The molecular weight excluding hydrogens is 338 g/mol. The van der Waals surface area contributed by atoms with Gasteiger partial charge >= 0.3 is 0 Å². The Hall–Kier alpha value is -2.68. The number of hydrazine groups is 1. The van der Waals surface area contributed by atoms with Gasteiger partial charge in [0.15, 0.2) is 0 Å². The highest BCUT2D eigenvalue weighted by molar-refractivity contribution is 5.53. The molecule has 4 N–H and O–H groups in total. The van der Waals surface area contributed by atoms with Crippen molar-refractivity contribution >= 4 is 6.34 Å². The summed E-state index contributed by atoms with van der Waals surface area (Å²) in [4.78, 5) is 3.73. The molecule has 1 aromatic carbocycles. The first-order valence-electron chi connectivity index (χ1n) is 7.26. The van der Waals surface area contributed by atoms with Crippen molar-refractivity contribution in [3.05, 3.63) is 65.0 Å². The number of nitrogens with zero attached hydrogens (tertiary/aromatic N) is 3. The van der Waals surface area contributed by atoms with Gasteiger partial charge in [-0.15, -0.1) is 0 Å². The SMILES string of the molecule is Cc1ccc(C(F)(F)C(CN(N)/C=N\N)c2ccc(F)cc2F)nc1. The zero-order valence-corrected chi connectivity index (χ0v) is 13.3. The van der Waals surface area contributed by atoms with Crippen LogP contribution in [0.5, 0.6) is 0 Å². The van der Waals surface area contributed by atoms with Crippen LogP contribution in [-0.4, -0.2) is 22.9 Å². The maximum Gasteiger partial charge on any atom is 0.298 e. The van der Waals surface area contributed by atoms with E-state index in [9.17, 15) is 8.78 Å². The molecule has 0 saturated carbocycles. The Labute approximate surface area is 141 Å². The largest absolute Gasteiger partial charge is 0.322 e. The molecule has 134 valence electrons. The fourth-order valence-corrected chi connectivity index (χ4v) is 2.38. The summed E-state index contributed by atoms with van der Waals surface area (Å²) in [6, 6.07) is 5.03. The highest BCUT2D eigenvalue weighted by Crippen LogP contribution is 2.42. The number of alkyl halides is 2. The quantitative estimate of drug-likeness (QED) is 0.274. The minimum Gasteiger partial charge on any atom is -0.322 e. The summed E-state index contributed by atoms with van der Waals surface area (Å²) in [6.07, 6.45) is 2.20. The molecule has 2 rings (SSSR count). The van der Waals surface area contributed by atoms with E-state index in [0.29, 0.717) is 11.6 Å². The van der Waals surface area contributed by atoms with Crippen LogP contribution >= 0.6 is 0 Å². The summed E-state index contributed by atoms with van der Waals surface area (Å²) in [6.45, 7) is 1.18. The van der Waals surface area contributed by atoms with Crippen LogP contribution in [0.4, 0.5) is 17.6 Å². The summed E-state index contributed by atoms with van der Waals surface area (Å²) >= 11 is 0. The van der Waals surface area contributed by atoms with Crippen molar-refractivity contribution in [1.29, 1.82) is 0 Å². The topological polar surface area (TPSA) is 80.5 Å². The summed E-state index contributed by atoms with van der Waals surface area (Å²) in [5.41, 5.74) is -0.251. The van der Waals surface area contributed by atoms with Crippen LogP contribution in [-0.2, 0) is 5.92 Å². The fraction of sp³-hybridized carbons (Fsp3) is 0.250. The van der Waals surface area contributed by atoms with E-state index in [1.165, 1.54) is 12.3 Å². The van der Waals surface area contributed by atoms with Gasteiger partial charge in [0.2, 0.25) is 0 Å². The Morgan fingerprint density at radius 2 is 2.00 bits per heavy atom. The number of aromatic nitrogens is 1. The normalized spacial score (nSPS) is 13.2. The third-order valence-corrected chi connectivity index (χ3v) is 3.64. The van der Waals surface area contributed by atoms with Crippen LogP contribution in [0.2, 0.25) is 0 Å². The van der Waals surface area contributed by atoms with Gasteiger partial charge in [0.1, 0.15) is 23.7 Å². The molecule has 0 amide bonds. The standard InChI is InChI=1S/C16H17F4N5/c1-10-2-5-15(23-7-10)16(19,20)13(8-25(22)9-24-21)12-4-3-11(17)6-14(12)18/h2-7,9,13H,8,21-22H2,1H3/b24-9-. The van der Waals surface area contributed by atoms with Crippen molar-refractivity contribution in [2.45, 2.75) is 18.8 Å². The van der Waals surface area contributed by atoms with Crippen molar-refractivity contribution in [2.24, 2.45) is 16.8 Å². The van der Waals surface area contributed by atoms with Crippen molar-refractivity contribution in [1.82, 2.24) is 9.99 Å². The summed E-state index contributed by atoms with van der Waals surface area (Å²) in [7, 11) is 0. The molecule has 1 aromatic heterocycles. The van der Waals surface area contributed by atoms with E-state index in [0.717, 1.165) is 29.5 Å². The highest BCUT2D eigenvalue weighted by atomic mass is 19.3. The molecular formula is C16H17F4N5. The number of hydrogen-bond acceptors (Lipinski definition) is 4. The van der Waals surface area contributed by atoms with Gasteiger partial charge in [-0.25, -0.2) is 14.6 Å². The van der Waals surface area contributed by atoms with Gasteiger partial charge in [0, 0.05) is 18.8 Å². The average molecular weight is 355 g/mol. The lowest BCUT2D eigenvalue weighted by Gasteiger charge is -2.29. The van der Waals surface area contributed by atoms with Crippen molar-refractivity contribution in [2.75, 3.05) is 6.54 Å². The molecule has 5 nitrogen and oxygen atoms in total. The molecule has 0 bridgehead atoms. The first-order chi connectivity index (χ1) is 11.8. The lowest BCUT2D eigenvalue weighted by Crippen LogP contribution is -2.40. The first kappa shape index (κ1) is 18.7. The van der Waals surface area contributed by atoms with Crippen LogP contribution in [0.3, 0.4) is 0 Å². The van der Waals surface area contributed by atoms with E-state index < -0.39 is 41.3 Å². The van der Waals surface area contributed by atoms with Crippen LogP contribution in [0.15, 0.2) is 41.6 Å². The molecule has 9 heteroatoms. The number of benzene rings is 1. The Morgan fingerprint density at radius 1 is 1.28 bits per heavy atom. The third-order valence-electron chi connectivity index (χ3n) is 3.64.